The molecule has 0 amide bonds. The maximum Gasteiger partial charge on any atom is 0.275 e. The predicted octanol–water partition coefficient (Wildman–Crippen LogP) is 2.29. The summed E-state index contributed by atoms with van der Waals surface area (Å²) >= 11 is 1.42. The van der Waals surface area contributed by atoms with Crippen molar-refractivity contribution in [3.05, 3.63) is 6.20 Å². The Balaban J connectivity index is 1.78. The summed E-state index contributed by atoms with van der Waals surface area (Å²) in [5, 5.41) is 1.44. The van der Waals surface area contributed by atoms with Gasteiger partial charge in [-0.3, -0.25) is 0 Å². The Hall–Kier alpha value is -0.770. The van der Waals surface area contributed by atoms with E-state index in [1.54, 1.807) is 6.20 Å². The number of hydrogen-bond donors (Lipinski definition) is 1. The molecule has 0 saturated heterocycles. The fourth-order valence-corrected chi connectivity index (χ4v) is 2.24. The Morgan fingerprint density at radius 3 is 2.92 bits per heavy atom. The second-order valence-corrected chi connectivity index (χ2v) is 4.51. The average Bonchev–Trinajstić information content (AvgIpc) is 2.71. The fraction of sp³-hybridized carbons (Fsp3) is 0.667. The number of nitrogen functional groups attached to an aromatic ring is 1. The molecular formula is C9H14N2OS. The Labute approximate surface area is 81.9 Å². The van der Waals surface area contributed by atoms with E-state index in [2.05, 4.69) is 4.98 Å². The van der Waals surface area contributed by atoms with Crippen LogP contribution in [-0.2, 0) is 0 Å². The molecule has 0 bridgehead atoms. The molecule has 72 valence electrons. The Kier molecular flexibility index (Phi) is 2.68. The van der Waals surface area contributed by atoms with E-state index in [4.69, 9.17) is 10.5 Å². The number of aromatic nitrogens is 1. The largest absolute Gasteiger partial charge is 0.470 e. The maximum absolute atomic E-state index is 5.54. The van der Waals surface area contributed by atoms with E-state index >= 15 is 0 Å². The summed E-state index contributed by atoms with van der Waals surface area (Å²) in [6.07, 6.45) is 6.97. The van der Waals surface area contributed by atoms with Crippen LogP contribution in [0.5, 0.6) is 5.19 Å². The molecule has 3 nitrogen and oxygen atoms in total. The van der Waals surface area contributed by atoms with Gasteiger partial charge in [-0.2, -0.15) is 0 Å². The number of nitrogens with zero attached hydrogens (tertiary/aromatic N) is 1. The van der Waals surface area contributed by atoms with Crippen molar-refractivity contribution < 1.29 is 4.74 Å². The number of rotatable bonds is 3. The zero-order valence-electron chi connectivity index (χ0n) is 7.53. The van der Waals surface area contributed by atoms with Crippen LogP contribution in [0, 0.1) is 5.92 Å². The summed E-state index contributed by atoms with van der Waals surface area (Å²) < 4.78 is 5.54. The molecule has 0 spiro atoms. The Morgan fingerprint density at radius 1 is 1.54 bits per heavy atom. The van der Waals surface area contributed by atoms with E-state index in [0.717, 1.165) is 17.5 Å². The normalized spacial score (nSPS) is 17.8. The molecule has 1 aromatic rings. The predicted molar refractivity (Wildman–Crippen MR) is 54.0 cm³/mol. The first-order valence-corrected chi connectivity index (χ1v) is 5.50. The lowest BCUT2D eigenvalue weighted by molar-refractivity contribution is 0.251. The Bertz CT molecular complexity index is 268. The number of thiazole rings is 1. The first-order valence-electron chi connectivity index (χ1n) is 4.68. The molecule has 0 aliphatic heterocycles. The second kappa shape index (κ2) is 3.96. The molecule has 1 aliphatic carbocycles. The lowest BCUT2D eigenvalue weighted by Crippen LogP contribution is -2.07. The highest BCUT2D eigenvalue weighted by atomic mass is 32.1. The highest BCUT2D eigenvalue weighted by molar-refractivity contribution is 7.17. The van der Waals surface area contributed by atoms with Crippen molar-refractivity contribution in [3.8, 4) is 5.19 Å². The summed E-state index contributed by atoms with van der Waals surface area (Å²) in [6, 6.07) is 0. The zero-order chi connectivity index (χ0) is 9.10. The molecule has 1 aliphatic rings. The molecule has 2 rings (SSSR count). The van der Waals surface area contributed by atoms with Crippen molar-refractivity contribution in [1.29, 1.82) is 0 Å². The lowest BCUT2D eigenvalue weighted by atomic mass is 10.1. The van der Waals surface area contributed by atoms with Gasteiger partial charge in [0.2, 0.25) is 0 Å². The second-order valence-electron chi connectivity index (χ2n) is 3.49. The number of ether oxygens (including phenoxy) is 1. The minimum Gasteiger partial charge on any atom is -0.470 e. The van der Waals surface area contributed by atoms with E-state index in [1.807, 2.05) is 0 Å². The van der Waals surface area contributed by atoms with Crippen molar-refractivity contribution >= 4 is 16.3 Å². The van der Waals surface area contributed by atoms with Crippen LogP contribution >= 0.6 is 11.3 Å². The molecule has 1 fully saturated rings. The van der Waals surface area contributed by atoms with Gasteiger partial charge in [0, 0.05) is 0 Å². The van der Waals surface area contributed by atoms with Crippen LogP contribution in [0.3, 0.4) is 0 Å². The van der Waals surface area contributed by atoms with Gasteiger partial charge in [0.15, 0.2) is 0 Å². The molecule has 2 N–H and O–H groups in total. The van der Waals surface area contributed by atoms with E-state index in [-0.39, 0.29) is 0 Å². The van der Waals surface area contributed by atoms with Gasteiger partial charge in [0.05, 0.1) is 12.8 Å². The maximum atomic E-state index is 5.54. The molecular weight excluding hydrogens is 184 g/mol. The van der Waals surface area contributed by atoms with Gasteiger partial charge in [-0.05, 0) is 18.8 Å². The monoisotopic (exact) mass is 198 g/mol. The molecule has 0 atom stereocenters. The van der Waals surface area contributed by atoms with E-state index in [9.17, 15) is 0 Å². The van der Waals surface area contributed by atoms with Crippen LogP contribution in [0.25, 0.3) is 0 Å². The van der Waals surface area contributed by atoms with Gasteiger partial charge in [0.25, 0.3) is 5.19 Å². The number of hydrogen-bond acceptors (Lipinski definition) is 4. The number of nitrogens with two attached hydrogens (primary N) is 1. The van der Waals surface area contributed by atoms with E-state index in [0.29, 0.717) is 5.19 Å². The molecule has 0 aromatic carbocycles. The highest BCUT2D eigenvalue weighted by Crippen LogP contribution is 2.27. The molecule has 1 aromatic heterocycles. The van der Waals surface area contributed by atoms with Gasteiger partial charge in [-0.15, -0.1) is 0 Å². The minimum absolute atomic E-state index is 0.712. The standard InChI is InChI=1S/C9H14N2OS/c10-8-5-11-9(13-8)12-6-7-3-1-2-4-7/h5,7H,1-4,6,10H2. The zero-order valence-corrected chi connectivity index (χ0v) is 8.35. The summed E-state index contributed by atoms with van der Waals surface area (Å²) in [5.74, 6) is 0.741. The topological polar surface area (TPSA) is 48.1 Å². The quantitative estimate of drug-likeness (QED) is 0.810. The highest BCUT2D eigenvalue weighted by Gasteiger charge is 2.15. The number of anilines is 1. The van der Waals surface area contributed by atoms with E-state index < -0.39 is 0 Å². The molecule has 1 saturated carbocycles. The summed E-state index contributed by atoms with van der Waals surface area (Å²) in [7, 11) is 0. The molecule has 0 radical (unpaired) electrons. The van der Waals surface area contributed by atoms with Gasteiger partial charge < -0.3 is 10.5 Å². The SMILES string of the molecule is Nc1cnc(OCC2CCCC2)s1. The van der Waals surface area contributed by atoms with Crippen LogP contribution in [0.2, 0.25) is 0 Å². The van der Waals surface area contributed by atoms with Gasteiger partial charge in [-0.1, -0.05) is 24.2 Å². The van der Waals surface area contributed by atoms with Crippen molar-refractivity contribution in [1.82, 2.24) is 4.98 Å². The van der Waals surface area contributed by atoms with Crippen LogP contribution < -0.4 is 10.5 Å². The third kappa shape index (κ3) is 2.34. The molecule has 0 unspecified atom stereocenters. The summed E-state index contributed by atoms with van der Waals surface area (Å²) in [4.78, 5) is 4.05. The van der Waals surface area contributed by atoms with Crippen molar-refractivity contribution in [2.75, 3.05) is 12.3 Å². The molecule has 1 heterocycles. The molecule has 13 heavy (non-hydrogen) atoms. The first kappa shape index (κ1) is 8.81. The lowest BCUT2D eigenvalue weighted by Gasteiger charge is -2.07. The summed E-state index contributed by atoms with van der Waals surface area (Å²) in [5.41, 5.74) is 5.54. The minimum atomic E-state index is 0.712. The van der Waals surface area contributed by atoms with Crippen LogP contribution in [0.4, 0.5) is 5.00 Å². The van der Waals surface area contributed by atoms with E-state index in [1.165, 1.54) is 37.0 Å². The van der Waals surface area contributed by atoms with Crippen molar-refractivity contribution in [2.24, 2.45) is 5.92 Å². The Morgan fingerprint density at radius 2 is 2.31 bits per heavy atom. The van der Waals surface area contributed by atoms with Crippen LogP contribution in [-0.4, -0.2) is 11.6 Å². The van der Waals surface area contributed by atoms with Gasteiger partial charge >= 0.3 is 0 Å². The third-order valence-electron chi connectivity index (χ3n) is 2.42. The summed E-state index contributed by atoms with van der Waals surface area (Å²) in [6.45, 7) is 0.812. The van der Waals surface area contributed by atoms with Crippen molar-refractivity contribution in [3.63, 3.8) is 0 Å². The third-order valence-corrected chi connectivity index (χ3v) is 3.16. The first-order chi connectivity index (χ1) is 6.34. The average molecular weight is 198 g/mol. The van der Waals surface area contributed by atoms with Crippen LogP contribution in [0.15, 0.2) is 6.20 Å². The molecule has 4 heteroatoms. The fourth-order valence-electron chi connectivity index (χ4n) is 1.70. The van der Waals surface area contributed by atoms with Gasteiger partial charge in [0.1, 0.15) is 5.00 Å². The van der Waals surface area contributed by atoms with Gasteiger partial charge in [-0.25, -0.2) is 4.98 Å². The van der Waals surface area contributed by atoms with Crippen molar-refractivity contribution in [2.45, 2.75) is 25.7 Å². The smallest absolute Gasteiger partial charge is 0.275 e. The van der Waals surface area contributed by atoms with Crippen LogP contribution in [0.1, 0.15) is 25.7 Å².